The Balaban J connectivity index is 3.64. The molecule has 0 aromatic carbocycles. The zero-order chi connectivity index (χ0) is 6.73. The molecule has 0 aromatic rings. The normalized spacial score (nSPS) is 14.1. The molecule has 0 aliphatic carbocycles. The van der Waals surface area contributed by atoms with Crippen molar-refractivity contribution in [3.8, 4) is 0 Å². The molecule has 0 radical (unpaired) electrons. The number of rotatable bonds is 2. The van der Waals surface area contributed by atoms with Crippen molar-refractivity contribution in [3.05, 3.63) is 12.2 Å². The Bertz CT molecular complexity index is 90.4. The van der Waals surface area contributed by atoms with Gasteiger partial charge in [-0.15, -0.1) is 11.6 Å². The van der Waals surface area contributed by atoms with Crippen LogP contribution in [0.4, 0.5) is 0 Å². The predicted molar refractivity (Wildman–Crippen MR) is 32.7 cm³/mol. The van der Waals surface area contributed by atoms with Gasteiger partial charge in [0.2, 0.25) is 0 Å². The van der Waals surface area contributed by atoms with E-state index >= 15 is 0 Å². The minimum absolute atomic E-state index is 0.557. The van der Waals surface area contributed by atoms with Gasteiger partial charge in [0.05, 0.1) is 0 Å². The van der Waals surface area contributed by atoms with Gasteiger partial charge in [0.15, 0.2) is 6.29 Å². The smallest absolute Gasteiger partial charge is 0.171 e. The number of aliphatic hydroxyl groups excluding tert-OH is 1. The van der Waals surface area contributed by atoms with Gasteiger partial charge in [-0.1, -0.05) is 12.2 Å². The highest BCUT2D eigenvalue weighted by Gasteiger charge is 2.12. The molecule has 0 spiro atoms. The Morgan fingerprint density at radius 1 is 1.62 bits per heavy atom. The van der Waals surface area contributed by atoms with E-state index in [9.17, 15) is 0 Å². The van der Waals surface area contributed by atoms with E-state index in [2.05, 4.69) is 6.58 Å². The van der Waals surface area contributed by atoms with Crippen LogP contribution < -0.4 is 0 Å². The van der Waals surface area contributed by atoms with E-state index < -0.39 is 11.7 Å². The van der Waals surface area contributed by atoms with Gasteiger partial charge in [0.25, 0.3) is 0 Å². The van der Waals surface area contributed by atoms with Crippen molar-refractivity contribution in [2.45, 2.75) is 18.6 Å². The van der Waals surface area contributed by atoms with E-state index in [0.717, 1.165) is 0 Å². The van der Waals surface area contributed by atoms with Crippen molar-refractivity contribution in [1.29, 1.82) is 0 Å². The van der Waals surface area contributed by atoms with E-state index in [4.69, 9.17) is 21.8 Å². The molecule has 0 bridgehead atoms. The van der Waals surface area contributed by atoms with E-state index in [1.807, 2.05) is 0 Å². The maximum absolute atomic E-state index is 8.35. The molecule has 3 heteroatoms. The highest BCUT2D eigenvalue weighted by molar-refractivity contribution is 6.22. The number of aliphatic hydroxyl groups is 2. The molecule has 0 aromatic heterocycles. The van der Waals surface area contributed by atoms with Crippen LogP contribution in [-0.2, 0) is 0 Å². The Morgan fingerprint density at radius 2 is 2.00 bits per heavy atom. The summed E-state index contributed by atoms with van der Waals surface area (Å²) in [4.78, 5) is 0. The van der Waals surface area contributed by atoms with E-state index in [1.54, 1.807) is 6.92 Å². The van der Waals surface area contributed by atoms with Crippen molar-refractivity contribution < 1.29 is 10.2 Å². The quantitative estimate of drug-likeness (QED) is 0.329. The van der Waals surface area contributed by atoms with Gasteiger partial charge in [-0.3, -0.25) is 0 Å². The van der Waals surface area contributed by atoms with Gasteiger partial charge in [-0.05, 0) is 6.92 Å². The molecule has 0 saturated heterocycles. The third-order valence-corrected chi connectivity index (χ3v) is 1.33. The monoisotopic (exact) mass is 136 g/mol. The minimum atomic E-state index is -1.49. The van der Waals surface area contributed by atoms with Gasteiger partial charge >= 0.3 is 0 Å². The Kier molecular flexibility index (Phi) is 3.05. The van der Waals surface area contributed by atoms with Gasteiger partial charge in [-0.25, -0.2) is 0 Å². The minimum Gasteiger partial charge on any atom is -0.367 e. The van der Waals surface area contributed by atoms with E-state index in [0.29, 0.717) is 5.57 Å². The first-order chi connectivity index (χ1) is 3.55. The van der Waals surface area contributed by atoms with E-state index in [-0.39, 0.29) is 0 Å². The SMILES string of the molecule is C=C(C)C(Cl)C(O)O. The van der Waals surface area contributed by atoms with Crippen LogP contribution in [0.2, 0.25) is 0 Å². The third kappa shape index (κ3) is 2.31. The van der Waals surface area contributed by atoms with Crippen LogP contribution in [0.3, 0.4) is 0 Å². The zero-order valence-electron chi connectivity index (χ0n) is 4.63. The molecule has 1 atom stereocenters. The molecule has 2 N–H and O–H groups in total. The third-order valence-electron chi connectivity index (χ3n) is 0.733. The van der Waals surface area contributed by atoms with Crippen LogP contribution in [-0.4, -0.2) is 21.9 Å². The van der Waals surface area contributed by atoms with Crippen LogP contribution in [0.1, 0.15) is 6.92 Å². The summed E-state index contributed by atoms with van der Waals surface area (Å²) >= 11 is 5.35. The first kappa shape index (κ1) is 7.95. The topological polar surface area (TPSA) is 40.5 Å². The summed E-state index contributed by atoms with van der Waals surface area (Å²) in [5, 5.41) is 16.0. The number of hydrogen-bond donors (Lipinski definition) is 2. The molecule has 0 aliphatic heterocycles. The average molecular weight is 137 g/mol. The van der Waals surface area contributed by atoms with Crippen molar-refractivity contribution >= 4 is 11.6 Å². The second kappa shape index (κ2) is 3.07. The molecule has 0 rings (SSSR count). The fourth-order valence-corrected chi connectivity index (χ4v) is 0.254. The predicted octanol–water partition coefficient (Wildman–Crippen LogP) is 0.481. The molecule has 0 amide bonds. The summed E-state index contributed by atoms with van der Waals surface area (Å²) in [6.45, 7) is 5.06. The van der Waals surface area contributed by atoms with Crippen molar-refractivity contribution in [2.24, 2.45) is 0 Å². The average Bonchev–Trinajstić information content (AvgIpc) is 1.64. The lowest BCUT2D eigenvalue weighted by molar-refractivity contribution is -0.0350. The molecule has 1 unspecified atom stereocenters. The van der Waals surface area contributed by atoms with Gasteiger partial charge in [-0.2, -0.15) is 0 Å². The molecule has 0 heterocycles. The summed E-state index contributed by atoms with van der Waals surface area (Å²) in [5.41, 5.74) is 0.557. The van der Waals surface area contributed by atoms with Crippen molar-refractivity contribution in [2.75, 3.05) is 0 Å². The van der Waals surface area contributed by atoms with Crippen LogP contribution in [0.25, 0.3) is 0 Å². The summed E-state index contributed by atoms with van der Waals surface area (Å²) in [6.07, 6.45) is -1.49. The highest BCUT2D eigenvalue weighted by Crippen LogP contribution is 2.08. The molecule has 0 aliphatic rings. The molecular formula is C5H9ClO2. The number of hydrogen-bond acceptors (Lipinski definition) is 2. The molecule has 8 heavy (non-hydrogen) atoms. The number of halogens is 1. The fourth-order valence-electron chi connectivity index (χ4n) is 0.254. The lowest BCUT2D eigenvalue weighted by Crippen LogP contribution is -2.20. The lowest BCUT2D eigenvalue weighted by Gasteiger charge is -2.09. The standard InChI is InChI=1S/C5H9ClO2/c1-3(2)4(6)5(7)8/h4-5,7-8H,1H2,2H3. The number of alkyl halides is 1. The molecule has 0 fully saturated rings. The Labute approximate surface area is 53.4 Å². The molecular weight excluding hydrogens is 128 g/mol. The van der Waals surface area contributed by atoms with Crippen molar-refractivity contribution in [3.63, 3.8) is 0 Å². The Morgan fingerprint density at radius 3 is 2.00 bits per heavy atom. The van der Waals surface area contributed by atoms with Crippen LogP contribution in [0.15, 0.2) is 12.2 Å². The van der Waals surface area contributed by atoms with E-state index in [1.165, 1.54) is 0 Å². The van der Waals surface area contributed by atoms with Crippen LogP contribution in [0, 0.1) is 0 Å². The summed E-state index contributed by atoms with van der Waals surface area (Å²) in [6, 6.07) is 0. The van der Waals surface area contributed by atoms with Gasteiger partial charge in [0, 0.05) is 0 Å². The first-order valence-corrected chi connectivity index (χ1v) is 2.65. The summed E-state index contributed by atoms with van der Waals surface area (Å²) < 4.78 is 0. The van der Waals surface area contributed by atoms with Crippen molar-refractivity contribution in [1.82, 2.24) is 0 Å². The molecule has 2 nitrogen and oxygen atoms in total. The highest BCUT2D eigenvalue weighted by atomic mass is 35.5. The maximum atomic E-state index is 8.35. The lowest BCUT2D eigenvalue weighted by atomic mass is 10.2. The van der Waals surface area contributed by atoms with Crippen LogP contribution in [0.5, 0.6) is 0 Å². The largest absolute Gasteiger partial charge is 0.367 e. The summed E-state index contributed by atoms with van der Waals surface area (Å²) in [7, 11) is 0. The summed E-state index contributed by atoms with van der Waals surface area (Å²) in [5.74, 6) is 0. The van der Waals surface area contributed by atoms with Crippen LogP contribution >= 0.6 is 11.6 Å². The second-order valence-electron chi connectivity index (χ2n) is 1.66. The fraction of sp³-hybridized carbons (Fsp3) is 0.600. The maximum Gasteiger partial charge on any atom is 0.171 e. The van der Waals surface area contributed by atoms with Gasteiger partial charge in [0.1, 0.15) is 5.38 Å². The molecule has 48 valence electrons. The molecule has 0 saturated carbocycles. The van der Waals surface area contributed by atoms with Gasteiger partial charge < -0.3 is 10.2 Å². The first-order valence-electron chi connectivity index (χ1n) is 2.21. The zero-order valence-corrected chi connectivity index (χ0v) is 5.39. The second-order valence-corrected chi connectivity index (χ2v) is 2.13. The Hall–Kier alpha value is -0.0500.